The molecule has 51 heavy (non-hydrogen) atoms. The summed E-state index contributed by atoms with van der Waals surface area (Å²) in [5.41, 5.74) is 9.54. The standard InChI is InChI=1S/C42H70N6O3/c1-4-6-8-9-10-11-12-13-14-15-16-17-18-22-38(51)47-28-26-46(27-29-47)25-19-20-34-23-24-35-36(30-34)44-41(43)39-40(35)48(31-42(3,32-49)33-50)37(45-39)21-7-5-2/h23-24,30,49-50H,4-22,25-29,31-33H2,1-3H3,(H2,43,44). The van der Waals surface area contributed by atoms with Crippen molar-refractivity contribution in [1.29, 1.82) is 0 Å². The molecule has 2 aromatic heterocycles. The van der Waals surface area contributed by atoms with Crippen LogP contribution in [0.2, 0.25) is 0 Å². The molecule has 0 aliphatic carbocycles. The molecule has 4 rings (SSSR count). The smallest absolute Gasteiger partial charge is 0.222 e. The molecule has 1 saturated heterocycles. The highest BCUT2D eigenvalue weighted by Crippen LogP contribution is 2.32. The van der Waals surface area contributed by atoms with E-state index in [1.54, 1.807) is 0 Å². The van der Waals surface area contributed by atoms with Crippen molar-refractivity contribution in [2.75, 3.05) is 51.7 Å². The highest BCUT2D eigenvalue weighted by atomic mass is 16.3. The predicted molar refractivity (Wildman–Crippen MR) is 212 cm³/mol. The van der Waals surface area contributed by atoms with Crippen molar-refractivity contribution < 1.29 is 15.0 Å². The number of hydrogen-bond donors (Lipinski definition) is 3. The number of anilines is 1. The van der Waals surface area contributed by atoms with E-state index in [1.807, 2.05) is 6.92 Å². The number of nitrogens with two attached hydrogens (primary N) is 1. The number of fused-ring (bicyclic) bond motifs is 3. The van der Waals surface area contributed by atoms with Gasteiger partial charge in [0.25, 0.3) is 0 Å². The van der Waals surface area contributed by atoms with Crippen molar-refractivity contribution in [3.8, 4) is 0 Å². The van der Waals surface area contributed by atoms with Crippen LogP contribution in [0.15, 0.2) is 18.2 Å². The number of aliphatic hydroxyl groups is 2. The predicted octanol–water partition coefficient (Wildman–Crippen LogP) is 8.06. The van der Waals surface area contributed by atoms with Gasteiger partial charge in [0.15, 0.2) is 5.82 Å². The molecule has 4 N–H and O–H groups in total. The molecule has 0 unspecified atom stereocenters. The fourth-order valence-corrected chi connectivity index (χ4v) is 7.57. The van der Waals surface area contributed by atoms with Crippen molar-refractivity contribution in [2.45, 2.75) is 149 Å². The van der Waals surface area contributed by atoms with Gasteiger partial charge in [0.2, 0.25) is 5.91 Å². The number of hydrogen-bond acceptors (Lipinski definition) is 7. The van der Waals surface area contributed by atoms with Crippen molar-refractivity contribution in [3.63, 3.8) is 0 Å². The van der Waals surface area contributed by atoms with Crippen molar-refractivity contribution >= 4 is 33.7 Å². The third kappa shape index (κ3) is 12.4. The Kier molecular flexibility index (Phi) is 17.4. The van der Waals surface area contributed by atoms with Crippen molar-refractivity contribution in [3.05, 3.63) is 29.6 Å². The first-order valence-electron chi connectivity index (χ1n) is 20.6. The van der Waals surface area contributed by atoms with Gasteiger partial charge in [-0.2, -0.15) is 0 Å². The maximum Gasteiger partial charge on any atom is 0.222 e. The highest BCUT2D eigenvalue weighted by Gasteiger charge is 2.27. The first kappa shape index (κ1) is 41.0. The molecular formula is C42H70N6O3. The lowest BCUT2D eigenvalue weighted by Crippen LogP contribution is -2.48. The average molecular weight is 707 g/mol. The normalized spacial score (nSPS) is 14.3. The minimum atomic E-state index is -0.677. The maximum atomic E-state index is 12.9. The number of piperazine rings is 1. The fraction of sp³-hybridized carbons (Fsp3) is 0.738. The Morgan fingerprint density at radius 2 is 1.39 bits per heavy atom. The Labute approximate surface area is 308 Å². The number of amides is 1. The summed E-state index contributed by atoms with van der Waals surface area (Å²) in [6.45, 7) is 11.1. The van der Waals surface area contributed by atoms with Crippen molar-refractivity contribution in [2.24, 2.45) is 5.41 Å². The molecular weight excluding hydrogens is 637 g/mol. The molecule has 9 heteroatoms. The van der Waals surface area contributed by atoms with Crippen LogP contribution in [0.4, 0.5) is 5.82 Å². The summed E-state index contributed by atoms with van der Waals surface area (Å²) in [6.07, 6.45) is 22.8. The van der Waals surface area contributed by atoms with Crippen LogP contribution in [-0.2, 0) is 24.2 Å². The third-order valence-electron chi connectivity index (χ3n) is 11.1. The fourth-order valence-electron chi connectivity index (χ4n) is 7.57. The Morgan fingerprint density at radius 1 is 0.784 bits per heavy atom. The number of carbonyl (C=O) groups is 1. The van der Waals surface area contributed by atoms with Crippen LogP contribution in [0.3, 0.4) is 0 Å². The zero-order chi connectivity index (χ0) is 36.5. The molecule has 1 aromatic carbocycles. The van der Waals surface area contributed by atoms with Crippen LogP contribution in [0.1, 0.15) is 141 Å². The minimum absolute atomic E-state index is 0.121. The average Bonchev–Trinajstić information content (AvgIpc) is 3.50. The molecule has 0 bridgehead atoms. The molecule has 0 saturated carbocycles. The summed E-state index contributed by atoms with van der Waals surface area (Å²) >= 11 is 0. The summed E-state index contributed by atoms with van der Waals surface area (Å²) in [4.78, 5) is 27.1. The molecule has 1 aliphatic heterocycles. The van der Waals surface area contributed by atoms with E-state index in [4.69, 9.17) is 15.7 Å². The Morgan fingerprint density at radius 3 is 2.00 bits per heavy atom. The van der Waals surface area contributed by atoms with Crippen LogP contribution in [0.25, 0.3) is 21.9 Å². The summed E-state index contributed by atoms with van der Waals surface area (Å²) in [5, 5.41) is 21.2. The zero-order valence-corrected chi connectivity index (χ0v) is 32.4. The van der Waals surface area contributed by atoms with Crippen LogP contribution < -0.4 is 5.73 Å². The molecule has 286 valence electrons. The van der Waals surface area contributed by atoms with Gasteiger partial charge in [0, 0.05) is 56.4 Å². The van der Waals surface area contributed by atoms with E-state index in [1.165, 1.54) is 82.6 Å². The van der Waals surface area contributed by atoms with Gasteiger partial charge in [-0.25, -0.2) is 9.97 Å². The van der Waals surface area contributed by atoms with Gasteiger partial charge < -0.3 is 25.4 Å². The van der Waals surface area contributed by atoms with Gasteiger partial charge in [-0.3, -0.25) is 9.69 Å². The molecule has 0 atom stereocenters. The lowest BCUT2D eigenvalue weighted by molar-refractivity contribution is -0.133. The first-order chi connectivity index (χ1) is 24.8. The molecule has 1 amide bonds. The summed E-state index contributed by atoms with van der Waals surface area (Å²) < 4.78 is 2.15. The number of aliphatic hydroxyl groups excluding tert-OH is 2. The largest absolute Gasteiger partial charge is 0.396 e. The van der Waals surface area contributed by atoms with Crippen LogP contribution in [0.5, 0.6) is 0 Å². The Bertz CT molecular complexity index is 1460. The molecule has 1 fully saturated rings. The first-order valence-corrected chi connectivity index (χ1v) is 20.6. The number of unbranched alkanes of at least 4 members (excludes halogenated alkanes) is 13. The lowest BCUT2D eigenvalue weighted by Gasteiger charge is -2.34. The number of imidazole rings is 1. The second-order valence-corrected chi connectivity index (χ2v) is 15.7. The number of aryl methyl sites for hydroxylation is 2. The molecule has 9 nitrogen and oxygen atoms in total. The van der Waals surface area contributed by atoms with E-state index in [0.717, 1.165) is 93.5 Å². The van der Waals surface area contributed by atoms with Gasteiger partial charge in [-0.05, 0) is 43.9 Å². The van der Waals surface area contributed by atoms with Gasteiger partial charge >= 0.3 is 0 Å². The number of pyridine rings is 1. The number of nitrogen functional groups attached to an aromatic ring is 1. The summed E-state index contributed by atoms with van der Waals surface area (Å²) in [6, 6.07) is 6.48. The number of carbonyl (C=O) groups excluding carboxylic acids is 1. The van der Waals surface area contributed by atoms with E-state index in [0.29, 0.717) is 30.2 Å². The second-order valence-electron chi connectivity index (χ2n) is 15.7. The van der Waals surface area contributed by atoms with Crippen molar-refractivity contribution in [1.82, 2.24) is 24.3 Å². The minimum Gasteiger partial charge on any atom is -0.396 e. The Hall–Kier alpha value is -2.75. The number of nitrogens with zero attached hydrogens (tertiary/aromatic N) is 5. The van der Waals surface area contributed by atoms with E-state index >= 15 is 0 Å². The quantitative estimate of drug-likeness (QED) is 0.0763. The topological polar surface area (TPSA) is 121 Å². The summed E-state index contributed by atoms with van der Waals surface area (Å²) in [7, 11) is 0. The molecule has 0 spiro atoms. The van der Waals surface area contributed by atoms with Crippen LogP contribution in [0, 0.1) is 5.41 Å². The SMILES string of the molecule is CCCCCCCCCCCCCCCC(=O)N1CCN(CCCc2ccc3c(c2)nc(N)c2nc(CCCC)n(CC(C)(CO)CO)c23)CC1. The monoisotopic (exact) mass is 707 g/mol. The summed E-state index contributed by atoms with van der Waals surface area (Å²) in [5.74, 6) is 1.68. The molecule has 3 aromatic rings. The highest BCUT2D eigenvalue weighted by molar-refractivity contribution is 6.06. The number of rotatable bonds is 25. The van der Waals surface area contributed by atoms with Gasteiger partial charge in [-0.15, -0.1) is 0 Å². The molecule has 0 radical (unpaired) electrons. The number of aromatic nitrogens is 3. The van der Waals surface area contributed by atoms with E-state index in [-0.39, 0.29) is 13.2 Å². The van der Waals surface area contributed by atoms with E-state index < -0.39 is 5.41 Å². The Balaban J connectivity index is 1.19. The zero-order valence-electron chi connectivity index (χ0n) is 32.4. The maximum absolute atomic E-state index is 12.9. The van der Waals surface area contributed by atoms with E-state index in [9.17, 15) is 15.0 Å². The molecule has 3 heterocycles. The molecule has 1 aliphatic rings. The lowest BCUT2D eigenvalue weighted by atomic mass is 9.92. The number of benzene rings is 1. The van der Waals surface area contributed by atoms with Gasteiger partial charge in [0.05, 0.1) is 24.2 Å². The van der Waals surface area contributed by atoms with Crippen LogP contribution in [-0.4, -0.2) is 86.4 Å². The third-order valence-corrected chi connectivity index (χ3v) is 11.1. The van der Waals surface area contributed by atoms with Gasteiger partial charge in [0.1, 0.15) is 11.3 Å². The second kappa shape index (κ2) is 21.7. The van der Waals surface area contributed by atoms with Gasteiger partial charge in [-0.1, -0.05) is 116 Å². The van der Waals surface area contributed by atoms with Crippen LogP contribution >= 0.6 is 0 Å². The van der Waals surface area contributed by atoms with E-state index in [2.05, 4.69) is 46.4 Å².